The molecular weight excluding hydrogens is 206 g/mol. The summed E-state index contributed by atoms with van der Waals surface area (Å²) in [6.45, 7) is 0. The van der Waals surface area contributed by atoms with Crippen molar-refractivity contribution >= 4 is 28.6 Å². The number of rotatable bonds is 0. The summed E-state index contributed by atoms with van der Waals surface area (Å²) in [6, 6.07) is 0. The van der Waals surface area contributed by atoms with Gasteiger partial charge in [0.25, 0.3) is 0 Å². The number of aromatic nitrogens is 3. The number of carbonyl (C=O) groups excluding carboxylic acids is 1. The highest BCUT2D eigenvalue weighted by Gasteiger charge is 2.11. The van der Waals surface area contributed by atoms with Crippen LogP contribution >= 0.6 is 11.6 Å². The maximum atomic E-state index is 11.2. The van der Waals surface area contributed by atoms with Gasteiger partial charge in [-0.2, -0.15) is 9.78 Å². The monoisotopic (exact) mass is 211 g/mol. The van der Waals surface area contributed by atoms with E-state index < -0.39 is 6.09 Å². The Kier molecular flexibility index (Phi) is 2.09. The summed E-state index contributed by atoms with van der Waals surface area (Å²) in [5.74, 6) is 0. The first-order valence-corrected chi connectivity index (χ1v) is 4.17. The van der Waals surface area contributed by atoms with Gasteiger partial charge in [-0.1, -0.05) is 11.6 Å². The van der Waals surface area contributed by atoms with Crippen molar-refractivity contribution < 1.29 is 9.53 Å². The molecule has 0 aliphatic heterocycles. The molecule has 2 heterocycles. The first-order chi connectivity index (χ1) is 6.74. The van der Waals surface area contributed by atoms with Crippen molar-refractivity contribution in [2.45, 2.75) is 0 Å². The molecule has 0 bridgehead atoms. The van der Waals surface area contributed by atoms with E-state index in [0.717, 1.165) is 4.68 Å². The second-order valence-corrected chi connectivity index (χ2v) is 2.99. The maximum Gasteiger partial charge on any atom is 0.435 e. The van der Waals surface area contributed by atoms with Crippen molar-refractivity contribution in [1.82, 2.24) is 14.8 Å². The van der Waals surface area contributed by atoms with Gasteiger partial charge in [-0.15, -0.1) is 0 Å². The standard InChI is InChI=1S/C8H6ClN3O2/c1-14-8(13)12-7-4-10-3-6(9)5(7)2-11-12/h2-4H,1H3. The minimum atomic E-state index is -0.566. The topological polar surface area (TPSA) is 57.0 Å². The Hall–Kier alpha value is -1.62. The Morgan fingerprint density at radius 3 is 3.00 bits per heavy atom. The minimum Gasteiger partial charge on any atom is -0.451 e. The molecule has 0 spiro atoms. The molecule has 14 heavy (non-hydrogen) atoms. The number of ether oxygens (including phenoxy) is 1. The summed E-state index contributed by atoms with van der Waals surface area (Å²) in [7, 11) is 1.29. The first kappa shape index (κ1) is 8.96. The molecule has 2 rings (SSSR count). The zero-order valence-electron chi connectivity index (χ0n) is 7.27. The summed E-state index contributed by atoms with van der Waals surface area (Å²) in [5.41, 5.74) is 0.532. The largest absolute Gasteiger partial charge is 0.451 e. The van der Waals surface area contributed by atoms with Crippen LogP contribution < -0.4 is 0 Å². The van der Waals surface area contributed by atoms with Crippen LogP contribution in [0.25, 0.3) is 10.9 Å². The number of hydrogen-bond donors (Lipinski definition) is 0. The average Bonchev–Trinajstić information content (AvgIpc) is 2.62. The van der Waals surface area contributed by atoms with Gasteiger partial charge in [-0.3, -0.25) is 4.98 Å². The van der Waals surface area contributed by atoms with Crippen molar-refractivity contribution in [2.75, 3.05) is 7.11 Å². The number of carbonyl (C=O) groups is 1. The lowest BCUT2D eigenvalue weighted by Gasteiger charge is -1.98. The number of nitrogens with zero attached hydrogens (tertiary/aromatic N) is 3. The van der Waals surface area contributed by atoms with Gasteiger partial charge in [-0.05, 0) is 0 Å². The van der Waals surface area contributed by atoms with Crippen LogP contribution in [0.15, 0.2) is 18.6 Å². The van der Waals surface area contributed by atoms with Crippen LogP contribution in [0.4, 0.5) is 4.79 Å². The Morgan fingerprint density at radius 1 is 1.50 bits per heavy atom. The van der Waals surface area contributed by atoms with E-state index in [-0.39, 0.29) is 0 Å². The Morgan fingerprint density at radius 2 is 2.29 bits per heavy atom. The summed E-state index contributed by atoms with van der Waals surface area (Å²) < 4.78 is 5.64. The zero-order chi connectivity index (χ0) is 10.1. The smallest absolute Gasteiger partial charge is 0.435 e. The highest BCUT2D eigenvalue weighted by atomic mass is 35.5. The quantitative estimate of drug-likeness (QED) is 0.666. The van der Waals surface area contributed by atoms with E-state index in [9.17, 15) is 4.79 Å². The second-order valence-electron chi connectivity index (χ2n) is 2.58. The van der Waals surface area contributed by atoms with E-state index in [0.29, 0.717) is 15.9 Å². The molecule has 0 saturated carbocycles. The van der Waals surface area contributed by atoms with Crippen molar-refractivity contribution in [3.63, 3.8) is 0 Å². The van der Waals surface area contributed by atoms with Crippen molar-refractivity contribution in [3.05, 3.63) is 23.6 Å². The van der Waals surface area contributed by atoms with Crippen LogP contribution in [0.2, 0.25) is 5.02 Å². The lowest BCUT2D eigenvalue weighted by molar-refractivity contribution is 0.170. The summed E-state index contributed by atoms with van der Waals surface area (Å²) in [4.78, 5) is 15.1. The van der Waals surface area contributed by atoms with E-state index in [1.54, 1.807) is 0 Å². The number of fused-ring (bicyclic) bond motifs is 1. The van der Waals surface area contributed by atoms with Gasteiger partial charge >= 0.3 is 6.09 Å². The predicted molar refractivity (Wildman–Crippen MR) is 50.3 cm³/mol. The molecule has 0 atom stereocenters. The molecule has 0 radical (unpaired) electrons. The van der Waals surface area contributed by atoms with Gasteiger partial charge in [0.2, 0.25) is 0 Å². The molecular formula is C8H6ClN3O2. The molecule has 0 aromatic carbocycles. The van der Waals surface area contributed by atoms with Crippen molar-refractivity contribution in [1.29, 1.82) is 0 Å². The molecule has 2 aromatic heterocycles. The lowest BCUT2D eigenvalue weighted by Crippen LogP contribution is -2.12. The van der Waals surface area contributed by atoms with Gasteiger partial charge in [0, 0.05) is 11.6 Å². The molecule has 0 fully saturated rings. The third-order valence-electron chi connectivity index (χ3n) is 1.80. The third-order valence-corrected chi connectivity index (χ3v) is 2.10. The Labute approximate surface area is 84.2 Å². The predicted octanol–water partition coefficient (Wildman–Crippen LogP) is 1.70. The number of pyridine rings is 1. The molecule has 0 unspecified atom stereocenters. The minimum absolute atomic E-state index is 0.456. The number of methoxy groups -OCH3 is 1. The summed E-state index contributed by atoms with van der Waals surface area (Å²) >= 11 is 5.85. The molecule has 6 heteroatoms. The van der Waals surface area contributed by atoms with Gasteiger partial charge in [0.1, 0.15) is 5.52 Å². The van der Waals surface area contributed by atoms with E-state index in [1.165, 1.54) is 25.7 Å². The fourth-order valence-corrected chi connectivity index (χ4v) is 1.34. The Balaban J connectivity index is 2.70. The summed E-state index contributed by atoms with van der Waals surface area (Å²) in [5, 5.41) is 4.97. The van der Waals surface area contributed by atoms with Gasteiger partial charge < -0.3 is 4.74 Å². The zero-order valence-corrected chi connectivity index (χ0v) is 8.02. The summed E-state index contributed by atoms with van der Waals surface area (Å²) in [6.07, 6.45) is 3.93. The number of halogens is 1. The molecule has 0 aliphatic rings. The average molecular weight is 212 g/mol. The maximum absolute atomic E-state index is 11.2. The van der Waals surface area contributed by atoms with Crippen LogP contribution in [0.5, 0.6) is 0 Å². The molecule has 0 saturated heterocycles. The van der Waals surface area contributed by atoms with Crippen LogP contribution in [-0.2, 0) is 4.74 Å². The Bertz CT molecular complexity index is 494. The third kappa shape index (κ3) is 1.22. The number of hydrogen-bond acceptors (Lipinski definition) is 4. The molecule has 0 N–H and O–H groups in total. The van der Waals surface area contributed by atoms with Crippen LogP contribution in [-0.4, -0.2) is 28.0 Å². The first-order valence-electron chi connectivity index (χ1n) is 3.79. The van der Waals surface area contributed by atoms with Gasteiger partial charge in [0.15, 0.2) is 0 Å². The second kappa shape index (κ2) is 3.26. The fraction of sp³-hybridized carbons (Fsp3) is 0.125. The van der Waals surface area contributed by atoms with Crippen LogP contribution in [0.3, 0.4) is 0 Å². The lowest BCUT2D eigenvalue weighted by atomic mass is 10.3. The SMILES string of the molecule is COC(=O)n1ncc2c(Cl)cncc21. The van der Waals surface area contributed by atoms with Crippen LogP contribution in [0.1, 0.15) is 0 Å². The van der Waals surface area contributed by atoms with Gasteiger partial charge in [-0.25, -0.2) is 4.79 Å². The van der Waals surface area contributed by atoms with E-state index in [4.69, 9.17) is 11.6 Å². The van der Waals surface area contributed by atoms with Crippen molar-refractivity contribution in [2.24, 2.45) is 0 Å². The van der Waals surface area contributed by atoms with E-state index in [2.05, 4.69) is 14.8 Å². The molecule has 72 valence electrons. The van der Waals surface area contributed by atoms with Crippen LogP contribution in [0, 0.1) is 0 Å². The molecule has 2 aromatic rings. The van der Waals surface area contributed by atoms with E-state index in [1.807, 2.05) is 0 Å². The normalized spacial score (nSPS) is 10.4. The van der Waals surface area contributed by atoms with Crippen molar-refractivity contribution in [3.8, 4) is 0 Å². The molecule has 5 nitrogen and oxygen atoms in total. The molecule has 0 aliphatic carbocycles. The van der Waals surface area contributed by atoms with E-state index >= 15 is 0 Å². The highest BCUT2D eigenvalue weighted by Crippen LogP contribution is 2.21. The molecule has 0 amide bonds. The van der Waals surface area contributed by atoms with Gasteiger partial charge in [0.05, 0.1) is 24.5 Å². The highest BCUT2D eigenvalue weighted by molar-refractivity contribution is 6.35. The fourth-order valence-electron chi connectivity index (χ4n) is 1.14.